The van der Waals surface area contributed by atoms with Crippen molar-refractivity contribution < 1.29 is 4.74 Å². The number of rotatable bonds is 8. The first-order valence-corrected chi connectivity index (χ1v) is 7.11. The van der Waals surface area contributed by atoms with Crippen molar-refractivity contribution >= 4 is 15.9 Å². The number of hydrogen-bond acceptors (Lipinski definition) is 2. The van der Waals surface area contributed by atoms with E-state index < -0.39 is 0 Å². The van der Waals surface area contributed by atoms with Crippen LogP contribution in [0, 0.1) is 0 Å². The third-order valence-corrected chi connectivity index (χ3v) is 3.36. The van der Waals surface area contributed by atoms with E-state index >= 15 is 0 Å². The summed E-state index contributed by atoms with van der Waals surface area (Å²) in [6, 6.07) is 8.77. The van der Waals surface area contributed by atoms with Crippen molar-refractivity contribution in [3.05, 3.63) is 34.3 Å². The largest absolute Gasteiger partial charge is 0.380 e. The molecule has 96 valence electrons. The lowest BCUT2D eigenvalue weighted by Gasteiger charge is -2.18. The van der Waals surface area contributed by atoms with Crippen LogP contribution in [0.2, 0.25) is 0 Å². The van der Waals surface area contributed by atoms with Gasteiger partial charge in [-0.2, -0.15) is 0 Å². The molecule has 0 amide bonds. The van der Waals surface area contributed by atoms with Crippen LogP contribution >= 0.6 is 15.9 Å². The van der Waals surface area contributed by atoms with Gasteiger partial charge in [0.25, 0.3) is 0 Å². The summed E-state index contributed by atoms with van der Waals surface area (Å²) in [5, 5.41) is 3.47. The fourth-order valence-electron chi connectivity index (χ4n) is 1.78. The van der Waals surface area contributed by atoms with Gasteiger partial charge in [-0.3, -0.25) is 0 Å². The Kier molecular flexibility index (Phi) is 7.49. The Morgan fingerprint density at radius 3 is 2.71 bits per heavy atom. The summed E-state index contributed by atoms with van der Waals surface area (Å²) in [4.78, 5) is 0. The molecule has 1 atom stereocenters. The minimum Gasteiger partial charge on any atom is -0.380 e. The van der Waals surface area contributed by atoms with E-state index in [1.54, 1.807) is 0 Å². The number of nitrogens with one attached hydrogen (secondary N) is 1. The van der Waals surface area contributed by atoms with Crippen LogP contribution in [0.5, 0.6) is 0 Å². The molecule has 0 heterocycles. The second-order valence-corrected chi connectivity index (χ2v) is 4.98. The van der Waals surface area contributed by atoms with Gasteiger partial charge < -0.3 is 10.1 Å². The Balaban J connectivity index is 2.50. The normalized spacial score (nSPS) is 12.6. The third kappa shape index (κ3) is 5.66. The Labute approximate surface area is 113 Å². The van der Waals surface area contributed by atoms with Crippen LogP contribution in [0.3, 0.4) is 0 Å². The lowest BCUT2D eigenvalue weighted by Crippen LogP contribution is -2.35. The van der Waals surface area contributed by atoms with Gasteiger partial charge in [-0.05, 0) is 31.0 Å². The molecule has 0 aliphatic rings. The molecule has 1 aromatic rings. The fraction of sp³-hybridized carbons (Fsp3) is 0.571. The van der Waals surface area contributed by atoms with Gasteiger partial charge in [-0.25, -0.2) is 0 Å². The molecule has 17 heavy (non-hydrogen) atoms. The van der Waals surface area contributed by atoms with Crippen molar-refractivity contribution in [2.75, 3.05) is 19.8 Å². The van der Waals surface area contributed by atoms with E-state index in [9.17, 15) is 0 Å². The molecule has 0 saturated heterocycles. The Morgan fingerprint density at radius 1 is 1.29 bits per heavy atom. The third-order valence-electron chi connectivity index (χ3n) is 2.58. The standard InChI is InChI=1S/C14H22BrNO/c1-3-9-17-11-13(16-4-2)10-12-7-5-6-8-14(12)15/h5-8,13,16H,3-4,9-11H2,1-2H3. The van der Waals surface area contributed by atoms with Crippen LogP contribution in [0.25, 0.3) is 0 Å². The van der Waals surface area contributed by atoms with Crippen molar-refractivity contribution in [2.45, 2.75) is 32.7 Å². The molecule has 0 aliphatic carbocycles. The van der Waals surface area contributed by atoms with Crippen molar-refractivity contribution in [1.29, 1.82) is 0 Å². The minimum absolute atomic E-state index is 0.394. The summed E-state index contributed by atoms with van der Waals surface area (Å²) < 4.78 is 6.81. The monoisotopic (exact) mass is 299 g/mol. The molecule has 1 aromatic carbocycles. The molecule has 1 rings (SSSR count). The quantitative estimate of drug-likeness (QED) is 0.743. The Hall–Kier alpha value is -0.380. The second kappa shape index (κ2) is 8.67. The molecule has 2 nitrogen and oxygen atoms in total. The second-order valence-electron chi connectivity index (χ2n) is 4.13. The SMILES string of the molecule is CCCOCC(Cc1ccccc1Br)NCC. The smallest absolute Gasteiger partial charge is 0.0622 e. The van der Waals surface area contributed by atoms with Gasteiger partial charge in [0.15, 0.2) is 0 Å². The number of likely N-dealkylation sites (N-methyl/N-ethyl adjacent to an activating group) is 1. The lowest BCUT2D eigenvalue weighted by atomic mass is 10.1. The Bertz CT molecular complexity index is 317. The fourth-order valence-corrected chi connectivity index (χ4v) is 2.22. The lowest BCUT2D eigenvalue weighted by molar-refractivity contribution is 0.112. The van der Waals surface area contributed by atoms with Gasteiger partial charge in [-0.1, -0.05) is 48.0 Å². The van der Waals surface area contributed by atoms with Crippen LogP contribution < -0.4 is 5.32 Å². The van der Waals surface area contributed by atoms with E-state index in [0.717, 1.165) is 32.6 Å². The van der Waals surface area contributed by atoms with Crippen LogP contribution in [0.4, 0.5) is 0 Å². The minimum atomic E-state index is 0.394. The van der Waals surface area contributed by atoms with Crippen molar-refractivity contribution in [3.8, 4) is 0 Å². The molecular formula is C14H22BrNO. The molecule has 0 aliphatic heterocycles. The average molecular weight is 300 g/mol. The topological polar surface area (TPSA) is 21.3 Å². The zero-order valence-electron chi connectivity index (χ0n) is 10.7. The van der Waals surface area contributed by atoms with Crippen molar-refractivity contribution in [1.82, 2.24) is 5.32 Å². The van der Waals surface area contributed by atoms with E-state index in [1.807, 2.05) is 6.07 Å². The predicted octanol–water partition coefficient (Wildman–Crippen LogP) is 3.40. The summed E-state index contributed by atoms with van der Waals surface area (Å²) in [5.41, 5.74) is 1.33. The molecule has 0 spiro atoms. The zero-order valence-corrected chi connectivity index (χ0v) is 12.3. The van der Waals surface area contributed by atoms with Crippen molar-refractivity contribution in [3.63, 3.8) is 0 Å². The van der Waals surface area contributed by atoms with Gasteiger partial charge in [0.1, 0.15) is 0 Å². The summed E-state index contributed by atoms with van der Waals surface area (Å²) in [6.07, 6.45) is 2.08. The van der Waals surface area contributed by atoms with Crippen LogP contribution in [-0.2, 0) is 11.2 Å². The van der Waals surface area contributed by atoms with Gasteiger partial charge >= 0.3 is 0 Å². The van der Waals surface area contributed by atoms with Crippen LogP contribution in [0.1, 0.15) is 25.8 Å². The van der Waals surface area contributed by atoms with Crippen molar-refractivity contribution in [2.24, 2.45) is 0 Å². The number of benzene rings is 1. The number of hydrogen-bond donors (Lipinski definition) is 1. The molecule has 1 N–H and O–H groups in total. The molecule has 0 saturated carbocycles. The molecule has 3 heteroatoms. The maximum absolute atomic E-state index is 5.63. The summed E-state index contributed by atoms with van der Waals surface area (Å²) in [5.74, 6) is 0. The first-order chi connectivity index (χ1) is 8.27. The molecule has 1 unspecified atom stereocenters. The van der Waals surface area contributed by atoms with Crippen LogP contribution in [-0.4, -0.2) is 25.8 Å². The Morgan fingerprint density at radius 2 is 2.06 bits per heavy atom. The summed E-state index contributed by atoms with van der Waals surface area (Å²) in [6.45, 7) is 6.87. The van der Waals surface area contributed by atoms with Crippen LogP contribution in [0.15, 0.2) is 28.7 Å². The summed E-state index contributed by atoms with van der Waals surface area (Å²) in [7, 11) is 0. The highest BCUT2D eigenvalue weighted by atomic mass is 79.9. The first-order valence-electron chi connectivity index (χ1n) is 6.32. The van der Waals surface area contributed by atoms with E-state index in [1.165, 1.54) is 10.0 Å². The maximum Gasteiger partial charge on any atom is 0.0622 e. The number of halogens is 1. The van der Waals surface area contributed by atoms with E-state index in [-0.39, 0.29) is 0 Å². The first kappa shape index (κ1) is 14.7. The number of ether oxygens (including phenoxy) is 1. The zero-order chi connectivity index (χ0) is 12.5. The van der Waals surface area contributed by atoms with Gasteiger partial charge in [0.05, 0.1) is 6.61 Å². The van der Waals surface area contributed by atoms with E-state index in [2.05, 4.69) is 53.3 Å². The highest BCUT2D eigenvalue weighted by molar-refractivity contribution is 9.10. The molecular weight excluding hydrogens is 278 g/mol. The van der Waals surface area contributed by atoms with Gasteiger partial charge in [-0.15, -0.1) is 0 Å². The molecule has 0 radical (unpaired) electrons. The maximum atomic E-state index is 5.63. The molecule has 0 bridgehead atoms. The van der Waals surface area contributed by atoms with E-state index in [0.29, 0.717) is 6.04 Å². The molecule has 0 aromatic heterocycles. The highest BCUT2D eigenvalue weighted by Gasteiger charge is 2.10. The predicted molar refractivity (Wildman–Crippen MR) is 76.4 cm³/mol. The summed E-state index contributed by atoms with van der Waals surface area (Å²) >= 11 is 3.59. The van der Waals surface area contributed by atoms with E-state index in [4.69, 9.17) is 4.74 Å². The van der Waals surface area contributed by atoms with Gasteiger partial charge in [0, 0.05) is 17.1 Å². The average Bonchev–Trinajstić information content (AvgIpc) is 2.32. The molecule has 0 fully saturated rings. The van der Waals surface area contributed by atoms with Gasteiger partial charge in [0.2, 0.25) is 0 Å². The highest BCUT2D eigenvalue weighted by Crippen LogP contribution is 2.17.